The smallest absolute Gasteiger partial charge is 0.223 e. The number of halogens is 1. The zero-order chi connectivity index (χ0) is 38.3. The van der Waals surface area contributed by atoms with Crippen molar-refractivity contribution < 1.29 is 9.13 Å². The molecule has 0 aliphatic carbocycles. The van der Waals surface area contributed by atoms with Crippen LogP contribution in [0.15, 0.2) is 130 Å². The topological polar surface area (TPSA) is 145 Å². The van der Waals surface area contributed by atoms with Gasteiger partial charge in [-0.1, -0.05) is 24.3 Å². The largest absolute Gasteiger partial charge is 0.494 e. The molecular weight excluding hydrogens is 696 g/mol. The van der Waals surface area contributed by atoms with Gasteiger partial charge in [0.2, 0.25) is 11.9 Å². The van der Waals surface area contributed by atoms with Crippen LogP contribution < -0.4 is 15.4 Å². The Bertz CT molecular complexity index is 2460. The Hall–Kier alpha value is -6.83. The number of anilines is 2. The summed E-state index contributed by atoms with van der Waals surface area (Å²) in [5.74, 6) is 1.56. The van der Waals surface area contributed by atoms with Gasteiger partial charge in [-0.3, -0.25) is 9.98 Å². The van der Waals surface area contributed by atoms with E-state index in [9.17, 15) is 4.39 Å². The van der Waals surface area contributed by atoms with Gasteiger partial charge in [0.05, 0.1) is 44.0 Å². The fourth-order valence-electron chi connectivity index (χ4n) is 6.21. The molecule has 2 aliphatic heterocycles. The highest BCUT2D eigenvalue weighted by Crippen LogP contribution is 2.25. The molecule has 0 saturated carbocycles. The molecule has 55 heavy (non-hydrogen) atoms. The fraction of sp³-hybridized carbons (Fsp3) is 0.220. The Morgan fingerprint density at radius 1 is 0.655 bits per heavy atom. The Kier molecular flexibility index (Phi) is 10.9. The van der Waals surface area contributed by atoms with Crippen LogP contribution in [0.5, 0.6) is 5.75 Å². The van der Waals surface area contributed by atoms with E-state index in [-0.39, 0.29) is 5.82 Å². The number of para-hydroxylation sites is 3. The van der Waals surface area contributed by atoms with Gasteiger partial charge >= 0.3 is 0 Å². The van der Waals surface area contributed by atoms with Gasteiger partial charge in [0.15, 0.2) is 0 Å². The van der Waals surface area contributed by atoms with Gasteiger partial charge in [0.25, 0.3) is 0 Å². The summed E-state index contributed by atoms with van der Waals surface area (Å²) >= 11 is 0. The van der Waals surface area contributed by atoms with Gasteiger partial charge < -0.3 is 15.4 Å². The highest BCUT2D eigenvalue weighted by atomic mass is 19.1. The molecule has 14 heteroatoms. The summed E-state index contributed by atoms with van der Waals surface area (Å²) in [5, 5.41) is 15.3. The lowest BCUT2D eigenvalue weighted by Gasteiger charge is -2.08. The van der Waals surface area contributed by atoms with Crippen molar-refractivity contribution in [3.63, 3.8) is 0 Å². The number of aromatic nitrogens is 8. The third-order valence-electron chi connectivity index (χ3n) is 9.36. The van der Waals surface area contributed by atoms with E-state index in [4.69, 9.17) is 4.74 Å². The van der Waals surface area contributed by atoms with Crippen LogP contribution in [-0.4, -0.2) is 84.2 Å². The van der Waals surface area contributed by atoms with E-state index >= 15 is 0 Å². The van der Waals surface area contributed by atoms with Crippen molar-refractivity contribution in [3.8, 4) is 39.6 Å². The average molecular weight is 737 g/mol. The van der Waals surface area contributed by atoms with Gasteiger partial charge in [-0.25, -0.2) is 33.7 Å². The second-order valence-electron chi connectivity index (χ2n) is 13.0. The number of nitrogens with zero attached hydrogens (tertiary/aromatic N) is 10. The normalized spacial score (nSPS) is 13.7. The first-order valence-corrected chi connectivity index (χ1v) is 17.8. The van der Waals surface area contributed by atoms with E-state index in [1.165, 1.54) is 33.0 Å². The predicted molar refractivity (Wildman–Crippen MR) is 214 cm³/mol. The molecule has 8 rings (SSSR count). The molecule has 6 aromatic rings. The van der Waals surface area contributed by atoms with Crippen molar-refractivity contribution in [3.05, 3.63) is 126 Å². The molecule has 2 aromatic carbocycles. The molecular formula is C41H41FN12O. The summed E-state index contributed by atoms with van der Waals surface area (Å²) in [6, 6.07) is 18.0. The lowest BCUT2D eigenvalue weighted by molar-refractivity contribution is 0.411. The van der Waals surface area contributed by atoms with Crippen molar-refractivity contribution in [2.45, 2.75) is 27.7 Å². The third kappa shape index (κ3) is 8.38. The quantitative estimate of drug-likeness (QED) is 0.141. The number of benzene rings is 2. The van der Waals surface area contributed by atoms with Crippen LogP contribution in [0.25, 0.3) is 33.9 Å². The Balaban J connectivity index is 0.000000169. The fourth-order valence-corrected chi connectivity index (χ4v) is 6.21. The molecule has 6 heterocycles. The van der Waals surface area contributed by atoms with E-state index < -0.39 is 0 Å². The number of aliphatic imine (C=N–C) groups is 2. The standard InChI is InChI=1S/C21H22N6O.C20H19FN6/c1-14-10-23-15(2)17(14)12-24-21-22-9-8-18(26-21)16-11-25-27(13-16)19-6-4-5-7-20(19)28-3;1-13-9-23-14(2)16(13)11-24-20-22-8-7-18(26-20)15-10-25-27(12-15)19-6-4-3-5-17(19)21/h4-9,11,13H,10,12H2,1-3H3,(H,22,24,26);3-8,10,12H,9,11H2,1-2H3,(H,22,24,26). The molecule has 0 fully saturated rings. The maximum atomic E-state index is 14.0. The van der Waals surface area contributed by atoms with E-state index in [0.29, 0.717) is 30.7 Å². The third-order valence-corrected chi connectivity index (χ3v) is 9.36. The second-order valence-corrected chi connectivity index (χ2v) is 13.0. The summed E-state index contributed by atoms with van der Waals surface area (Å²) in [4.78, 5) is 26.7. The Morgan fingerprint density at radius 2 is 1.15 bits per heavy atom. The zero-order valence-corrected chi connectivity index (χ0v) is 31.3. The molecule has 4 aromatic heterocycles. The van der Waals surface area contributed by atoms with Crippen molar-refractivity contribution in [1.82, 2.24) is 39.5 Å². The molecule has 2 N–H and O–H groups in total. The van der Waals surface area contributed by atoms with Gasteiger partial charge in [0.1, 0.15) is 22.9 Å². The van der Waals surface area contributed by atoms with Crippen LogP contribution >= 0.6 is 0 Å². The highest BCUT2D eigenvalue weighted by molar-refractivity contribution is 6.02. The molecule has 0 bridgehead atoms. The van der Waals surface area contributed by atoms with Crippen LogP contribution in [0.3, 0.4) is 0 Å². The maximum Gasteiger partial charge on any atom is 0.223 e. The summed E-state index contributed by atoms with van der Waals surface area (Å²) in [6.07, 6.45) is 10.6. The summed E-state index contributed by atoms with van der Waals surface area (Å²) < 4.78 is 22.7. The first-order chi connectivity index (χ1) is 26.8. The Labute approximate surface area is 318 Å². The van der Waals surface area contributed by atoms with E-state index in [1.807, 2.05) is 50.4 Å². The molecule has 0 amide bonds. The highest BCUT2D eigenvalue weighted by Gasteiger charge is 2.15. The number of hydrogen-bond donors (Lipinski definition) is 2. The molecule has 0 unspecified atom stereocenters. The lowest BCUT2D eigenvalue weighted by Crippen LogP contribution is -2.12. The lowest BCUT2D eigenvalue weighted by atomic mass is 10.1. The van der Waals surface area contributed by atoms with Gasteiger partial charge in [0, 0.05) is 60.4 Å². The van der Waals surface area contributed by atoms with Crippen LogP contribution in [-0.2, 0) is 0 Å². The summed E-state index contributed by atoms with van der Waals surface area (Å²) in [7, 11) is 1.65. The van der Waals surface area contributed by atoms with Crippen LogP contribution in [0.4, 0.5) is 16.3 Å². The van der Waals surface area contributed by atoms with Crippen LogP contribution in [0, 0.1) is 5.82 Å². The molecule has 0 saturated heterocycles. The molecule has 0 radical (unpaired) electrons. The SMILES string of the molecule is CC1=NCC(C)=C1CNc1nccc(-c2cnn(-c3ccccc3F)c2)n1.COc1ccccc1-n1cc(-c2ccnc(NCC3=C(C)CN=C3C)n2)cn1. The van der Waals surface area contributed by atoms with Crippen LogP contribution in [0.2, 0.25) is 0 Å². The van der Waals surface area contributed by atoms with Crippen molar-refractivity contribution >= 4 is 23.3 Å². The first-order valence-electron chi connectivity index (χ1n) is 17.8. The van der Waals surface area contributed by atoms with Gasteiger partial charge in [-0.15, -0.1) is 0 Å². The van der Waals surface area contributed by atoms with Gasteiger partial charge in [-0.05, 0) is 86.4 Å². The minimum absolute atomic E-state index is 0.325. The van der Waals surface area contributed by atoms with E-state index in [1.54, 1.807) is 67.0 Å². The average Bonchev–Trinajstić information content (AvgIpc) is 4.03. The monoisotopic (exact) mass is 736 g/mol. The first kappa shape index (κ1) is 36.5. The molecule has 13 nitrogen and oxygen atoms in total. The number of methoxy groups -OCH3 is 1. The molecule has 0 spiro atoms. The molecule has 0 atom stereocenters. The van der Waals surface area contributed by atoms with Crippen molar-refractivity contribution in [2.75, 3.05) is 43.9 Å². The van der Waals surface area contributed by atoms with E-state index in [2.05, 4.69) is 64.6 Å². The second kappa shape index (κ2) is 16.5. The summed E-state index contributed by atoms with van der Waals surface area (Å²) in [5.41, 5.74) is 11.6. The molecule has 278 valence electrons. The van der Waals surface area contributed by atoms with Crippen molar-refractivity contribution in [1.29, 1.82) is 0 Å². The Morgan fingerprint density at radius 3 is 1.64 bits per heavy atom. The maximum absolute atomic E-state index is 14.0. The van der Waals surface area contributed by atoms with Crippen LogP contribution in [0.1, 0.15) is 27.7 Å². The summed E-state index contributed by atoms with van der Waals surface area (Å²) in [6.45, 7) is 11.1. The van der Waals surface area contributed by atoms with E-state index in [0.717, 1.165) is 58.5 Å². The number of rotatable bonds is 11. The minimum Gasteiger partial charge on any atom is -0.494 e. The van der Waals surface area contributed by atoms with Gasteiger partial charge in [-0.2, -0.15) is 10.2 Å². The zero-order valence-electron chi connectivity index (χ0n) is 31.3. The number of ether oxygens (including phenoxy) is 1. The minimum atomic E-state index is -0.325. The number of hydrogen-bond acceptors (Lipinski definition) is 11. The molecule has 2 aliphatic rings. The predicted octanol–water partition coefficient (Wildman–Crippen LogP) is 7.21. The van der Waals surface area contributed by atoms with Crippen molar-refractivity contribution in [2.24, 2.45) is 9.98 Å². The number of nitrogens with one attached hydrogen (secondary N) is 2.